The Morgan fingerprint density at radius 1 is 1.07 bits per heavy atom. The molecule has 0 radical (unpaired) electrons. The second-order valence-electron chi connectivity index (χ2n) is 3.18. The van der Waals surface area contributed by atoms with Crippen LogP contribution in [0.4, 0.5) is 11.4 Å². The van der Waals surface area contributed by atoms with Gasteiger partial charge in [0.05, 0.1) is 11.4 Å². The summed E-state index contributed by atoms with van der Waals surface area (Å²) in [5.41, 5.74) is 13.5. The van der Waals surface area contributed by atoms with Gasteiger partial charge in [-0.25, -0.2) is 0 Å². The van der Waals surface area contributed by atoms with E-state index in [1.54, 1.807) is 24.4 Å². The zero-order valence-electron chi connectivity index (χ0n) is 8.01. The van der Waals surface area contributed by atoms with E-state index >= 15 is 0 Å². The number of hydrogen-bond donors (Lipinski definition) is 3. The molecule has 2 rings (SSSR count). The van der Waals surface area contributed by atoms with Crippen molar-refractivity contribution in [3.63, 3.8) is 0 Å². The molecule has 76 valence electrons. The third-order valence-corrected chi connectivity index (χ3v) is 2.18. The minimum atomic E-state index is 0.0184. The monoisotopic (exact) mass is 201 g/mol. The van der Waals surface area contributed by atoms with Crippen LogP contribution in [-0.2, 0) is 0 Å². The van der Waals surface area contributed by atoms with Crippen molar-refractivity contribution in [2.24, 2.45) is 0 Å². The van der Waals surface area contributed by atoms with E-state index < -0.39 is 0 Å². The maximum atomic E-state index is 9.48. The van der Waals surface area contributed by atoms with Crippen LogP contribution in [0.15, 0.2) is 36.5 Å². The number of phenolic OH excluding ortho intramolecular Hbond substituents is 1. The Morgan fingerprint density at radius 2 is 1.87 bits per heavy atom. The molecule has 0 aliphatic carbocycles. The topological polar surface area (TPSA) is 85.2 Å². The summed E-state index contributed by atoms with van der Waals surface area (Å²) in [5, 5.41) is 9.48. The van der Waals surface area contributed by atoms with E-state index in [0.717, 1.165) is 0 Å². The second kappa shape index (κ2) is 3.49. The summed E-state index contributed by atoms with van der Waals surface area (Å²) < 4.78 is 0. The number of nitrogens with two attached hydrogens (primary N) is 2. The van der Waals surface area contributed by atoms with Crippen LogP contribution >= 0.6 is 0 Å². The van der Waals surface area contributed by atoms with E-state index in [1.807, 2.05) is 6.07 Å². The highest BCUT2D eigenvalue weighted by molar-refractivity contribution is 5.87. The molecule has 4 heteroatoms. The van der Waals surface area contributed by atoms with E-state index in [-0.39, 0.29) is 11.4 Å². The predicted molar refractivity (Wildman–Crippen MR) is 60.2 cm³/mol. The lowest BCUT2D eigenvalue weighted by molar-refractivity contribution is 0.478. The molecule has 0 fully saturated rings. The van der Waals surface area contributed by atoms with Crippen LogP contribution in [0.3, 0.4) is 0 Å². The van der Waals surface area contributed by atoms with E-state index in [4.69, 9.17) is 11.5 Å². The van der Waals surface area contributed by atoms with Crippen molar-refractivity contribution in [2.45, 2.75) is 0 Å². The Morgan fingerprint density at radius 3 is 2.53 bits per heavy atom. The van der Waals surface area contributed by atoms with Gasteiger partial charge in [0.25, 0.3) is 0 Å². The zero-order chi connectivity index (χ0) is 10.8. The van der Waals surface area contributed by atoms with Crippen LogP contribution in [0.25, 0.3) is 11.3 Å². The summed E-state index contributed by atoms with van der Waals surface area (Å²) in [5.74, 6) is 0.0184. The maximum Gasteiger partial charge on any atom is 0.139 e. The molecule has 1 aromatic carbocycles. The first-order valence-corrected chi connectivity index (χ1v) is 4.48. The van der Waals surface area contributed by atoms with Crippen molar-refractivity contribution in [3.8, 4) is 17.0 Å². The first-order valence-electron chi connectivity index (χ1n) is 4.48. The number of phenols is 1. The minimum Gasteiger partial charge on any atom is -0.506 e. The summed E-state index contributed by atoms with van der Waals surface area (Å²) in [4.78, 5) is 4.14. The largest absolute Gasteiger partial charge is 0.506 e. The van der Waals surface area contributed by atoms with Gasteiger partial charge in [-0.3, -0.25) is 4.98 Å². The fourth-order valence-electron chi connectivity index (χ4n) is 1.42. The molecule has 1 aromatic heterocycles. The van der Waals surface area contributed by atoms with Gasteiger partial charge in [-0.05, 0) is 24.3 Å². The third-order valence-electron chi connectivity index (χ3n) is 2.18. The Hall–Kier alpha value is -2.23. The number of nitrogens with zero attached hydrogens (tertiary/aromatic N) is 1. The molecule has 0 amide bonds. The summed E-state index contributed by atoms with van der Waals surface area (Å²) in [7, 11) is 0. The molecular formula is C11H11N3O. The highest BCUT2D eigenvalue weighted by Crippen LogP contribution is 2.35. The van der Waals surface area contributed by atoms with Crippen molar-refractivity contribution in [3.05, 3.63) is 36.5 Å². The molecule has 0 bridgehead atoms. The van der Waals surface area contributed by atoms with Crippen molar-refractivity contribution in [1.82, 2.24) is 4.98 Å². The maximum absolute atomic E-state index is 9.48. The molecular weight excluding hydrogens is 190 g/mol. The number of aromatic nitrogens is 1. The third kappa shape index (κ3) is 1.57. The smallest absolute Gasteiger partial charge is 0.139 e. The number of nitrogen functional groups attached to an aromatic ring is 2. The van der Waals surface area contributed by atoms with Gasteiger partial charge in [0, 0.05) is 17.4 Å². The van der Waals surface area contributed by atoms with Gasteiger partial charge in [-0.1, -0.05) is 6.07 Å². The van der Waals surface area contributed by atoms with Gasteiger partial charge in [-0.2, -0.15) is 0 Å². The number of pyridine rings is 1. The first-order chi connectivity index (χ1) is 7.20. The fraction of sp³-hybridized carbons (Fsp3) is 0. The Bertz CT molecular complexity index is 483. The fourth-order valence-corrected chi connectivity index (χ4v) is 1.42. The summed E-state index contributed by atoms with van der Waals surface area (Å²) in [6, 6.07) is 8.51. The number of anilines is 2. The Labute approximate surface area is 87.2 Å². The summed E-state index contributed by atoms with van der Waals surface area (Å²) in [6.45, 7) is 0. The minimum absolute atomic E-state index is 0.0184. The van der Waals surface area contributed by atoms with Crippen LogP contribution in [0.5, 0.6) is 5.75 Å². The molecule has 0 saturated heterocycles. The lowest BCUT2D eigenvalue weighted by atomic mass is 10.1. The van der Waals surface area contributed by atoms with Crippen LogP contribution in [0.2, 0.25) is 0 Å². The molecule has 2 aromatic rings. The number of hydrogen-bond acceptors (Lipinski definition) is 4. The number of benzene rings is 1. The number of rotatable bonds is 1. The predicted octanol–water partition coefficient (Wildman–Crippen LogP) is 1.62. The van der Waals surface area contributed by atoms with Crippen LogP contribution in [0, 0.1) is 0 Å². The van der Waals surface area contributed by atoms with Crippen LogP contribution in [0.1, 0.15) is 0 Å². The molecule has 4 nitrogen and oxygen atoms in total. The molecule has 0 aliphatic rings. The van der Waals surface area contributed by atoms with E-state index in [2.05, 4.69) is 4.98 Å². The van der Waals surface area contributed by atoms with E-state index in [1.165, 1.54) is 6.07 Å². The molecule has 0 atom stereocenters. The molecule has 0 aliphatic heterocycles. The van der Waals surface area contributed by atoms with Crippen molar-refractivity contribution >= 4 is 11.4 Å². The van der Waals surface area contributed by atoms with E-state index in [9.17, 15) is 5.11 Å². The Balaban J connectivity index is 2.68. The van der Waals surface area contributed by atoms with Crippen molar-refractivity contribution in [1.29, 1.82) is 0 Å². The van der Waals surface area contributed by atoms with E-state index in [0.29, 0.717) is 16.9 Å². The SMILES string of the molecule is Nc1ccc(O)c(N)c1-c1ccccn1. The van der Waals surface area contributed by atoms with Gasteiger partial charge in [0.15, 0.2) is 0 Å². The standard InChI is InChI=1S/C11H11N3O/c12-7-4-5-9(15)11(13)10(7)8-3-1-2-6-14-8/h1-6,15H,12-13H2. The molecule has 0 saturated carbocycles. The quantitative estimate of drug-likeness (QED) is 0.372. The first kappa shape index (κ1) is 9.33. The van der Waals surface area contributed by atoms with Crippen molar-refractivity contribution in [2.75, 3.05) is 11.5 Å². The van der Waals surface area contributed by atoms with Crippen LogP contribution in [-0.4, -0.2) is 10.1 Å². The van der Waals surface area contributed by atoms with Crippen LogP contribution < -0.4 is 11.5 Å². The van der Waals surface area contributed by atoms with Gasteiger partial charge < -0.3 is 16.6 Å². The lowest BCUT2D eigenvalue weighted by Crippen LogP contribution is -1.97. The van der Waals surface area contributed by atoms with Gasteiger partial charge >= 0.3 is 0 Å². The normalized spacial score (nSPS) is 10.1. The molecule has 15 heavy (non-hydrogen) atoms. The molecule has 0 unspecified atom stereocenters. The summed E-state index contributed by atoms with van der Waals surface area (Å²) >= 11 is 0. The van der Waals surface area contributed by atoms with Gasteiger partial charge in [0.1, 0.15) is 5.75 Å². The molecule has 0 spiro atoms. The molecule has 1 heterocycles. The average Bonchev–Trinajstić information content (AvgIpc) is 2.26. The Kier molecular flexibility index (Phi) is 2.17. The highest BCUT2D eigenvalue weighted by Gasteiger charge is 2.10. The lowest BCUT2D eigenvalue weighted by Gasteiger charge is -2.09. The highest BCUT2D eigenvalue weighted by atomic mass is 16.3. The zero-order valence-corrected chi connectivity index (χ0v) is 8.01. The van der Waals surface area contributed by atoms with Crippen molar-refractivity contribution < 1.29 is 5.11 Å². The second-order valence-corrected chi connectivity index (χ2v) is 3.18. The number of aromatic hydroxyl groups is 1. The molecule has 5 N–H and O–H groups in total. The van der Waals surface area contributed by atoms with Gasteiger partial charge in [-0.15, -0.1) is 0 Å². The summed E-state index contributed by atoms with van der Waals surface area (Å²) in [6.07, 6.45) is 1.65. The average molecular weight is 201 g/mol. The van der Waals surface area contributed by atoms with Gasteiger partial charge in [0.2, 0.25) is 0 Å².